The number of rotatable bonds is 5. The zero-order chi connectivity index (χ0) is 16.9. The van der Waals surface area contributed by atoms with Gasteiger partial charge in [0.2, 0.25) is 5.89 Å². The molecule has 0 amide bonds. The van der Waals surface area contributed by atoms with E-state index in [-0.39, 0.29) is 5.25 Å². The van der Waals surface area contributed by atoms with Crippen molar-refractivity contribution < 1.29 is 4.42 Å². The Morgan fingerprint density at radius 3 is 2.71 bits per heavy atom. The molecule has 0 aliphatic heterocycles. The molecule has 1 aromatic heterocycles. The van der Waals surface area contributed by atoms with Crippen LogP contribution in [0.1, 0.15) is 11.1 Å². The summed E-state index contributed by atoms with van der Waals surface area (Å²) in [4.78, 5) is 0. The maximum atomic E-state index is 9.39. The highest BCUT2D eigenvalue weighted by atomic mass is 35.5. The molecule has 120 valence electrons. The molecule has 2 aromatic carbocycles. The average molecular weight is 356 g/mol. The van der Waals surface area contributed by atoms with Gasteiger partial charge >= 0.3 is 0 Å². The van der Waals surface area contributed by atoms with Crippen molar-refractivity contribution in [1.82, 2.24) is 10.2 Å². The van der Waals surface area contributed by atoms with Crippen molar-refractivity contribution in [1.29, 1.82) is 5.26 Å². The third kappa shape index (κ3) is 4.16. The van der Waals surface area contributed by atoms with Crippen LogP contribution in [-0.2, 0) is 6.42 Å². The van der Waals surface area contributed by atoms with E-state index in [1.165, 1.54) is 17.3 Å². The Bertz CT molecular complexity index is 870. The van der Waals surface area contributed by atoms with E-state index >= 15 is 0 Å². The van der Waals surface area contributed by atoms with E-state index in [9.17, 15) is 5.26 Å². The van der Waals surface area contributed by atoms with E-state index in [0.29, 0.717) is 22.6 Å². The molecule has 24 heavy (non-hydrogen) atoms. The maximum absolute atomic E-state index is 9.39. The van der Waals surface area contributed by atoms with E-state index in [1.807, 2.05) is 43.3 Å². The molecule has 0 bridgehead atoms. The number of hydrogen-bond acceptors (Lipinski definition) is 5. The van der Waals surface area contributed by atoms with E-state index in [0.717, 1.165) is 11.1 Å². The summed E-state index contributed by atoms with van der Waals surface area (Å²) in [5.74, 6) is 0.395. The van der Waals surface area contributed by atoms with Gasteiger partial charge in [0.25, 0.3) is 5.22 Å². The van der Waals surface area contributed by atoms with E-state index in [2.05, 4.69) is 16.3 Å². The number of thioether (sulfide) groups is 1. The summed E-state index contributed by atoms with van der Waals surface area (Å²) in [5, 5.41) is 18.1. The third-order valence-electron chi connectivity index (χ3n) is 3.41. The zero-order valence-corrected chi connectivity index (χ0v) is 14.5. The molecular formula is C18H14ClN3OS. The molecule has 0 fully saturated rings. The van der Waals surface area contributed by atoms with Gasteiger partial charge in [0.1, 0.15) is 5.25 Å². The van der Waals surface area contributed by atoms with Crippen LogP contribution in [0.3, 0.4) is 0 Å². The monoisotopic (exact) mass is 355 g/mol. The van der Waals surface area contributed by atoms with Crippen LogP contribution in [0, 0.1) is 18.3 Å². The molecule has 0 aliphatic carbocycles. The second kappa shape index (κ2) is 7.52. The molecule has 3 rings (SSSR count). The van der Waals surface area contributed by atoms with Crippen molar-refractivity contribution >= 4 is 23.4 Å². The number of hydrogen-bond donors (Lipinski definition) is 0. The van der Waals surface area contributed by atoms with Crippen LogP contribution in [0.5, 0.6) is 0 Å². The third-order valence-corrected chi connectivity index (χ3v) is 4.57. The predicted molar refractivity (Wildman–Crippen MR) is 94.9 cm³/mol. The lowest BCUT2D eigenvalue weighted by Crippen LogP contribution is -2.03. The summed E-state index contributed by atoms with van der Waals surface area (Å²) < 4.78 is 5.64. The Balaban J connectivity index is 1.70. The second-order valence-corrected chi connectivity index (χ2v) is 6.90. The quantitative estimate of drug-likeness (QED) is 0.607. The van der Waals surface area contributed by atoms with Crippen molar-refractivity contribution in [3.63, 3.8) is 0 Å². The minimum atomic E-state index is -0.291. The first kappa shape index (κ1) is 16.6. The molecule has 1 atom stereocenters. The number of halogens is 1. The highest BCUT2D eigenvalue weighted by molar-refractivity contribution is 7.99. The summed E-state index contributed by atoms with van der Waals surface area (Å²) in [6, 6.07) is 17.6. The molecule has 0 radical (unpaired) electrons. The highest BCUT2D eigenvalue weighted by Crippen LogP contribution is 2.28. The first-order chi connectivity index (χ1) is 11.6. The molecule has 0 saturated carbocycles. The van der Waals surface area contributed by atoms with Gasteiger partial charge in [-0.15, -0.1) is 10.2 Å². The first-order valence-electron chi connectivity index (χ1n) is 7.35. The fourth-order valence-electron chi connectivity index (χ4n) is 2.17. The minimum absolute atomic E-state index is 0.291. The molecule has 0 N–H and O–H groups in total. The normalized spacial score (nSPS) is 11.9. The number of aromatic nitrogens is 2. The molecule has 0 saturated heterocycles. The van der Waals surface area contributed by atoms with Crippen LogP contribution in [0.2, 0.25) is 5.02 Å². The number of benzene rings is 2. The lowest BCUT2D eigenvalue weighted by Gasteiger charge is -2.06. The van der Waals surface area contributed by atoms with Crippen molar-refractivity contribution in [2.24, 2.45) is 0 Å². The van der Waals surface area contributed by atoms with Gasteiger partial charge in [-0.3, -0.25) is 0 Å². The van der Waals surface area contributed by atoms with Gasteiger partial charge in [-0.05, 0) is 48.9 Å². The SMILES string of the molecule is Cc1ccc(C[C@H](C#N)Sc2nnc(-c3cccc(Cl)c3)o2)cc1. The second-order valence-electron chi connectivity index (χ2n) is 5.31. The Hall–Kier alpha value is -2.29. The predicted octanol–water partition coefficient (Wildman–Crippen LogP) is 4.93. The van der Waals surface area contributed by atoms with Crippen molar-refractivity contribution in [3.8, 4) is 17.5 Å². The van der Waals surface area contributed by atoms with Crippen molar-refractivity contribution in [2.45, 2.75) is 23.8 Å². The molecule has 0 unspecified atom stereocenters. The van der Waals surface area contributed by atoms with E-state index < -0.39 is 0 Å². The lowest BCUT2D eigenvalue weighted by atomic mass is 10.1. The topological polar surface area (TPSA) is 62.7 Å². The fourth-order valence-corrected chi connectivity index (χ4v) is 3.15. The Kier molecular flexibility index (Phi) is 5.19. The van der Waals surface area contributed by atoms with Crippen LogP contribution >= 0.6 is 23.4 Å². The van der Waals surface area contributed by atoms with Gasteiger partial charge < -0.3 is 4.42 Å². The van der Waals surface area contributed by atoms with Crippen LogP contribution in [-0.4, -0.2) is 15.4 Å². The van der Waals surface area contributed by atoms with Crippen LogP contribution < -0.4 is 0 Å². The summed E-state index contributed by atoms with van der Waals surface area (Å²) in [6.07, 6.45) is 0.621. The van der Waals surface area contributed by atoms with E-state index in [4.69, 9.17) is 16.0 Å². The maximum Gasteiger partial charge on any atom is 0.278 e. The molecule has 3 aromatic rings. The fraction of sp³-hybridized carbons (Fsp3) is 0.167. The van der Waals surface area contributed by atoms with Gasteiger partial charge in [0, 0.05) is 10.6 Å². The van der Waals surface area contributed by atoms with Gasteiger partial charge in [0.05, 0.1) is 6.07 Å². The molecule has 0 spiro atoms. The molecule has 1 heterocycles. The van der Waals surface area contributed by atoms with Gasteiger partial charge in [-0.1, -0.05) is 47.5 Å². The Morgan fingerprint density at radius 1 is 1.21 bits per heavy atom. The Morgan fingerprint density at radius 2 is 2.00 bits per heavy atom. The lowest BCUT2D eigenvalue weighted by molar-refractivity contribution is 0.465. The summed E-state index contributed by atoms with van der Waals surface area (Å²) in [5.41, 5.74) is 3.06. The van der Waals surface area contributed by atoms with Crippen molar-refractivity contribution in [2.75, 3.05) is 0 Å². The molecule has 0 aliphatic rings. The van der Waals surface area contributed by atoms with Crippen LogP contribution in [0.4, 0.5) is 0 Å². The van der Waals surface area contributed by atoms with Gasteiger partial charge in [-0.2, -0.15) is 5.26 Å². The smallest absolute Gasteiger partial charge is 0.278 e. The summed E-state index contributed by atoms with van der Waals surface area (Å²) in [6.45, 7) is 2.04. The summed E-state index contributed by atoms with van der Waals surface area (Å²) >= 11 is 7.24. The minimum Gasteiger partial charge on any atom is -0.411 e. The van der Waals surface area contributed by atoms with Crippen LogP contribution in [0.25, 0.3) is 11.5 Å². The molecular weight excluding hydrogens is 342 g/mol. The van der Waals surface area contributed by atoms with Crippen molar-refractivity contribution in [3.05, 3.63) is 64.7 Å². The number of aryl methyl sites for hydroxylation is 1. The van der Waals surface area contributed by atoms with Crippen LogP contribution in [0.15, 0.2) is 58.2 Å². The number of nitrogens with zero attached hydrogens (tertiary/aromatic N) is 3. The molecule has 4 nitrogen and oxygen atoms in total. The van der Waals surface area contributed by atoms with Gasteiger partial charge in [0.15, 0.2) is 0 Å². The van der Waals surface area contributed by atoms with Gasteiger partial charge in [-0.25, -0.2) is 0 Å². The van der Waals surface area contributed by atoms with E-state index in [1.54, 1.807) is 12.1 Å². The molecule has 6 heteroatoms. The first-order valence-corrected chi connectivity index (χ1v) is 8.61. The highest BCUT2D eigenvalue weighted by Gasteiger charge is 2.16. The average Bonchev–Trinajstić information content (AvgIpc) is 3.05. The number of nitriles is 1. The largest absolute Gasteiger partial charge is 0.411 e. The standard InChI is InChI=1S/C18H14ClN3OS/c1-12-5-7-13(8-6-12)9-16(11-20)24-18-22-21-17(23-18)14-3-2-4-15(19)10-14/h2-8,10,16H,9H2,1H3/t16-/m1/s1. The Labute approximate surface area is 149 Å². The summed E-state index contributed by atoms with van der Waals surface area (Å²) in [7, 11) is 0. The zero-order valence-electron chi connectivity index (χ0n) is 12.9.